The molecule has 6 heteroatoms. The van der Waals surface area contributed by atoms with Crippen LogP contribution in [0.15, 0.2) is 12.4 Å². The number of rotatable bonds is 6. The molecule has 0 spiro atoms. The van der Waals surface area contributed by atoms with E-state index in [1.54, 1.807) is 0 Å². The lowest BCUT2D eigenvalue weighted by Gasteiger charge is -2.16. The fourth-order valence-electron chi connectivity index (χ4n) is 2.68. The summed E-state index contributed by atoms with van der Waals surface area (Å²) in [6, 6.07) is 0.100. The highest BCUT2D eigenvalue weighted by molar-refractivity contribution is 5.74. The number of aromatic nitrogens is 2. The second-order valence-corrected chi connectivity index (χ2v) is 6.26. The number of nitrogens with one attached hydrogen (secondary N) is 2. The summed E-state index contributed by atoms with van der Waals surface area (Å²) in [4.78, 5) is 22.7. The number of urea groups is 1. The molecule has 2 heterocycles. The number of hydrogen-bond donors (Lipinski definition) is 2. The van der Waals surface area contributed by atoms with Crippen LogP contribution in [-0.4, -0.2) is 46.6 Å². The van der Waals surface area contributed by atoms with Gasteiger partial charge in [0, 0.05) is 50.1 Å². The van der Waals surface area contributed by atoms with Gasteiger partial charge in [-0.25, -0.2) is 14.8 Å². The third-order valence-corrected chi connectivity index (χ3v) is 3.82. The first kappa shape index (κ1) is 16.7. The maximum atomic E-state index is 11.6. The van der Waals surface area contributed by atoms with Crippen LogP contribution in [0.5, 0.6) is 0 Å². The van der Waals surface area contributed by atoms with Crippen LogP contribution in [0.3, 0.4) is 0 Å². The molecule has 1 aromatic heterocycles. The van der Waals surface area contributed by atoms with Gasteiger partial charge in [-0.1, -0.05) is 6.92 Å². The first-order chi connectivity index (χ1) is 10.6. The fourth-order valence-corrected chi connectivity index (χ4v) is 2.68. The Morgan fingerprint density at radius 2 is 2.14 bits per heavy atom. The molecule has 6 nitrogen and oxygen atoms in total. The lowest BCUT2D eigenvalue weighted by Crippen LogP contribution is -2.41. The van der Waals surface area contributed by atoms with E-state index in [4.69, 9.17) is 0 Å². The Morgan fingerprint density at radius 1 is 1.41 bits per heavy atom. The fraction of sp³-hybridized carbons (Fsp3) is 0.688. The van der Waals surface area contributed by atoms with Crippen LogP contribution in [0, 0.1) is 5.92 Å². The van der Waals surface area contributed by atoms with Crippen LogP contribution in [-0.2, 0) is 13.0 Å². The lowest BCUT2D eigenvalue weighted by atomic mass is 10.1. The molecule has 0 aliphatic carbocycles. The summed E-state index contributed by atoms with van der Waals surface area (Å²) in [5.41, 5.74) is 1.16. The van der Waals surface area contributed by atoms with Crippen molar-refractivity contribution >= 4 is 6.03 Å². The average Bonchev–Trinajstić information content (AvgIpc) is 2.93. The molecule has 0 radical (unpaired) electrons. The summed E-state index contributed by atoms with van der Waals surface area (Å²) in [5, 5.41) is 5.80. The Hall–Kier alpha value is -1.69. The second-order valence-electron chi connectivity index (χ2n) is 6.26. The molecule has 2 amide bonds. The number of nitrogens with zero attached hydrogens (tertiary/aromatic N) is 3. The van der Waals surface area contributed by atoms with Gasteiger partial charge in [-0.2, -0.15) is 0 Å². The van der Waals surface area contributed by atoms with Gasteiger partial charge in [0.25, 0.3) is 0 Å². The molecular weight excluding hydrogens is 278 g/mol. The SMILES string of the molecule is CCc1ncc(CN2CCC(CNC(=O)NC(C)C)C2)cn1. The van der Waals surface area contributed by atoms with Gasteiger partial charge < -0.3 is 10.6 Å². The van der Waals surface area contributed by atoms with Gasteiger partial charge >= 0.3 is 6.03 Å². The van der Waals surface area contributed by atoms with E-state index in [2.05, 4.69) is 32.4 Å². The number of carbonyl (C=O) groups is 1. The van der Waals surface area contributed by atoms with Gasteiger partial charge in [0.1, 0.15) is 5.82 Å². The summed E-state index contributed by atoms with van der Waals surface area (Å²) < 4.78 is 0. The predicted octanol–water partition coefficient (Wildman–Crippen LogP) is 1.57. The molecule has 1 fully saturated rings. The average molecular weight is 305 g/mol. The molecule has 1 saturated heterocycles. The Morgan fingerprint density at radius 3 is 2.77 bits per heavy atom. The molecule has 0 bridgehead atoms. The highest BCUT2D eigenvalue weighted by Gasteiger charge is 2.23. The molecular formula is C16H27N5O. The maximum absolute atomic E-state index is 11.6. The summed E-state index contributed by atoms with van der Waals surface area (Å²) in [7, 11) is 0. The van der Waals surface area contributed by atoms with E-state index in [0.717, 1.165) is 50.4 Å². The van der Waals surface area contributed by atoms with Crippen LogP contribution in [0.1, 0.15) is 38.6 Å². The van der Waals surface area contributed by atoms with Crippen molar-refractivity contribution in [2.45, 2.75) is 46.2 Å². The summed E-state index contributed by atoms with van der Waals surface area (Å²) in [6.07, 6.45) is 5.84. The van der Waals surface area contributed by atoms with Crippen LogP contribution in [0.2, 0.25) is 0 Å². The van der Waals surface area contributed by atoms with Gasteiger partial charge in [-0.15, -0.1) is 0 Å². The topological polar surface area (TPSA) is 70.2 Å². The minimum atomic E-state index is -0.0722. The number of aryl methyl sites for hydroxylation is 1. The van der Waals surface area contributed by atoms with Gasteiger partial charge in [0.2, 0.25) is 0 Å². The first-order valence-electron chi connectivity index (χ1n) is 8.13. The monoisotopic (exact) mass is 305 g/mol. The summed E-state index contributed by atoms with van der Waals surface area (Å²) in [6.45, 7) is 9.68. The molecule has 1 aromatic rings. The van der Waals surface area contributed by atoms with Crippen molar-refractivity contribution in [3.8, 4) is 0 Å². The first-order valence-corrected chi connectivity index (χ1v) is 8.13. The van der Waals surface area contributed by atoms with Crippen molar-refractivity contribution in [1.82, 2.24) is 25.5 Å². The van der Waals surface area contributed by atoms with Crippen molar-refractivity contribution < 1.29 is 4.79 Å². The Bertz CT molecular complexity index is 474. The van der Waals surface area contributed by atoms with Crippen molar-refractivity contribution in [2.24, 2.45) is 5.92 Å². The van der Waals surface area contributed by atoms with E-state index >= 15 is 0 Å². The molecule has 2 rings (SSSR count). The van der Waals surface area contributed by atoms with E-state index in [1.165, 1.54) is 0 Å². The quantitative estimate of drug-likeness (QED) is 0.837. The zero-order chi connectivity index (χ0) is 15.9. The zero-order valence-electron chi connectivity index (χ0n) is 13.8. The van der Waals surface area contributed by atoms with Crippen molar-refractivity contribution in [3.63, 3.8) is 0 Å². The standard InChI is InChI=1S/C16H27N5O/c1-4-15-17-8-14(9-18-15)11-21-6-5-13(10-21)7-19-16(22)20-12(2)3/h8-9,12-13H,4-7,10-11H2,1-3H3,(H2,19,20,22). The smallest absolute Gasteiger partial charge is 0.314 e. The highest BCUT2D eigenvalue weighted by atomic mass is 16.2. The van der Waals surface area contributed by atoms with Gasteiger partial charge in [0.05, 0.1) is 0 Å². The minimum absolute atomic E-state index is 0.0722. The lowest BCUT2D eigenvalue weighted by molar-refractivity contribution is 0.236. The van der Waals surface area contributed by atoms with Crippen LogP contribution in [0.25, 0.3) is 0 Å². The molecule has 0 aromatic carbocycles. The normalized spacial score (nSPS) is 18.6. The molecule has 22 heavy (non-hydrogen) atoms. The second kappa shape index (κ2) is 8.08. The van der Waals surface area contributed by atoms with Gasteiger partial charge in [-0.05, 0) is 32.7 Å². The highest BCUT2D eigenvalue weighted by Crippen LogP contribution is 2.17. The largest absolute Gasteiger partial charge is 0.338 e. The van der Waals surface area contributed by atoms with Gasteiger partial charge in [-0.3, -0.25) is 4.90 Å². The molecule has 2 N–H and O–H groups in total. The number of likely N-dealkylation sites (tertiary alicyclic amines) is 1. The van der Waals surface area contributed by atoms with E-state index in [0.29, 0.717) is 5.92 Å². The van der Waals surface area contributed by atoms with Crippen molar-refractivity contribution in [2.75, 3.05) is 19.6 Å². The van der Waals surface area contributed by atoms with Crippen molar-refractivity contribution in [1.29, 1.82) is 0 Å². The van der Waals surface area contributed by atoms with Crippen LogP contribution < -0.4 is 10.6 Å². The Kier molecular flexibility index (Phi) is 6.12. The Balaban J connectivity index is 1.71. The number of amides is 2. The van der Waals surface area contributed by atoms with Crippen molar-refractivity contribution in [3.05, 3.63) is 23.8 Å². The van der Waals surface area contributed by atoms with Crippen LogP contribution in [0.4, 0.5) is 4.79 Å². The third-order valence-electron chi connectivity index (χ3n) is 3.82. The predicted molar refractivity (Wildman–Crippen MR) is 86.5 cm³/mol. The molecule has 1 unspecified atom stereocenters. The minimum Gasteiger partial charge on any atom is -0.338 e. The zero-order valence-corrected chi connectivity index (χ0v) is 13.8. The number of carbonyl (C=O) groups excluding carboxylic acids is 1. The van der Waals surface area contributed by atoms with E-state index in [-0.39, 0.29) is 12.1 Å². The van der Waals surface area contributed by atoms with Gasteiger partial charge in [0.15, 0.2) is 0 Å². The third kappa shape index (κ3) is 5.26. The summed E-state index contributed by atoms with van der Waals surface area (Å²) >= 11 is 0. The molecule has 1 aliphatic rings. The number of hydrogen-bond acceptors (Lipinski definition) is 4. The van der Waals surface area contributed by atoms with E-state index in [1.807, 2.05) is 26.2 Å². The Labute approximate surface area is 132 Å². The van der Waals surface area contributed by atoms with E-state index in [9.17, 15) is 4.79 Å². The molecule has 122 valence electrons. The summed E-state index contributed by atoms with van der Waals surface area (Å²) in [5.74, 6) is 1.41. The molecule has 0 saturated carbocycles. The molecule has 1 atom stereocenters. The maximum Gasteiger partial charge on any atom is 0.314 e. The van der Waals surface area contributed by atoms with E-state index < -0.39 is 0 Å². The molecule has 1 aliphatic heterocycles. The van der Waals surface area contributed by atoms with Crippen LogP contribution >= 0.6 is 0 Å².